The van der Waals surface area contributed by atoms with Crippen LogP contribution in [0.5, 0.6) is 5.75 Å². The topological polar surface area (TPSA) is 70.6 Å². The van der Waals surface area contributed by atoms with E-state index in [0.717, 1.165) is 77.3 Å². The lowest BCUT2D eigenvalue weighted by atomic mass is 9.97. The van der Waals surface area contributed by atoms with Crippen LogP contribution in [0, 0.1) is 5.92 Å². The van der Waals surface area contributed by atoms with Crippen molar-refractivity contribution < 1.29 is 14.2 Å². The second-order valence-electron chi connectivity index (χ2n) is 8.55. The summed E-state index contributed by atoms with van der Waals surface area (Å²) in [7, 11) is 5.32. The predicted octanol–water partition coefficient (Wildman–Crippen LogP) is 2.21. The highest BCUT2D eigenvalue weighted by Gasteiger charge is 2.23. The van der Waals surface area contributed by atoms with E-state index in [4.69, 9.17) is 14.2 Å². The van der Waals surface area contributed by atoms with Crippen LogP contribution in [-0.2, 0) is 9.47 Å². The van der Waals surface area contributed by atoms with Crippen LogP contribution in [0.15, 0.2) is 29.3 Å². The number of morpholine rings is 1. The quantitative estimate of drug-likeness (QED) is 0.252. The van der Waals surface area contributed by atoms with E-state index in [1.54, 1.807) is 14.2 Å². The fourth-order valence-electron chi connectivity index (χ4n) is 4.46. The van der Waals surface area contributed by atoms with E-state index in [1.807, 2.05) is 19.2 Å². The molecule has 0 aromatic heterocycles. The number of ether oxygens (including phenoxy) is 3. The Morgan fingerprint density at radius 1 is 1.09 bits per heavy atom. The van der Waals surface area contributed by atoms with Gasteiger partial charge in [-0.2, -0.15) is 0 Å². The molecule has 0 aliphatic carbocycles. The van der Waals surface area contributed by atoms with Gasteiger partial charge in [0.2, 0.25) is 0 Å². The van der Waals surface area contributed by atoms with Crippen LogP contribution in [0.4, 0.5) is 0 Å². The Labute approximate surface area is 216 Å². The fourth-order valence-corrected chi connectivity index (χ4v) is 4.46. The highest BCUT2D eigenvalue weighted by Crippen LogP contribution is 2.23. The molecule has 0 amide bonds. The van der Waals surface area contributed by atoms with E-state index in [1.165, 1.54) is 18.4 Å². The summed E-state index contributed by atoms with van der Waals surface area (Å²) < 4.78 is 16.1. The van der Waals surface area contributed by atoms with Gasteiger partial charge in [0.1, 0.15) is 5.75 Å². The standard InChI is InChI=1S/C24H41N5O3.HI/c1-25-24(26-18-20-8-10-28(11-9-20)12-15-30-2)27-19-23(29-13-16-32-17-14-29)21-4-6-22(31-3)7-5-21;/h4-7,20,23H,8-19H2,1-3H3,(H2,25,26,27);1H. The van der Waals surface area contributed by atoms with E-state index in [2.05, 4.69) is 37.6 Å². The maximum Gasteiger partial charge on any atom is 0.191 e. The van der Waals surface area contributed by atoms with Crippen LogP contribution in [0.25, 0.3) is 0 Å². The summed E-state index contributed by atoms with van der Waals surface area (Å²) in [4.78, 5) is 9.45. The molecule has 9 heteroatoms. The third-order valence-corrected chi connectivity index (χ3v) is 6.55. The summed E-state index contributed by atoms with van der Waals surface area (Å²) in [6, 6.07) is 8.65. The summed E-state index contributed by atoms with van der Waals surface area (Å²) in [6.07, 6.45) is 2.44. The number of hydrogen-bond acceptors (Lipinski definition) is 6. The fraction of sp³-hybridized carbons (Fsp3) is 0.708. The van der Waals surface area contributed by atoms with Crippen molar-refractivity contribution in [2.24, 2.45) is 10.9 Å². The van der Waals surface area contributed by atoms with Crippen molar-refractivity contribution in [2.45, 2.75) is 18.9 Å². The van der Waals surface area contributed by atoms with Crippen molar-refractivity contribution in [1.29, 1.82) is 0 Å². The van der Waals surface area contributed by atoms with Gasteiger partial charge in [0.25, 0.3) is 0 Å². The molecule has 8 nitrogen and oxygen atoms in total. The molecule has 33 heavy (non-hydrogen) atoms. The molecule has 2 fully saturated rings. The van der Waals surface area contributed by atoms with Crippen LogP contribution < -0.4 is 15.4 Å². The molecule has 3 rings (SSSR count). The van der Waals surface area contributed by atoms with Gasteiger partial charge in [-0.05, 0) is 49.5 Å². The summed E-state index contributed by atoms with van der Waals surface area (Å²) in [5.41, 5.74) is 1.28. The normalized spacial score (nSPS) is 19.5. The Kier molecular flexibility index (Phi) is 13.4. The first-order valence-corrected chi connectivity index (χ1v) is 11.8. The first-order valence-electron chi connectivity index (χ1n) is 11.8. The van der Waals surface area contributed by atoms with Gasteiger partial charge in [-0.25, -0.2) is 0 Å². The summed E-state index contributed by atoms with van der Waals surface area (Å²) in [6.45, 7) is 9.34. The van der Waals surface area contributed by atoms with Crippen LogP contribution in [0.3, 0.4) is 0 Å². The molecule has 0 spiro atoms. The number of guanidine groups is 1. The van der Waals surface area contributed by atoms with E-state index in [9.17, 15) is 0 Å². The first kappa shape index (κ1) is 28.1. The lowest BCUT2D eigenvalue weighted by Gasteiger charge is -2.35. The third-order valence-electron chi connectivity index (χ3n) is 6.55. The monoisotopic (exact) mass is 575 g/mol. The predicted molar refractivity (Wildman–Crippen MR) is 144 cm³/mol. The Hall–Kier alpha value is -1.14. The highest BCUT2D eigenvalue weighted by atomic mass is 127. The largest absolute Gasteiger partial charge is 0.497 e. The Morgan fingerprint density at radius 3 is 2.39 bits per heavy atom. The number of methoxy groups -OCH3 is 2. The van der Waals surface area contributed by atoms with Gasteiger partial charge in [0.05, 0.1) is 33.0 Å². The molecule has 2 aliphatic heterocycles. The van der Waals surface area contributed by atoms with E-state index in [0.29, 0.717) is 5.92 Å². The second-order valence-corrected chi connectivity index (χ2v) is 8.55. The zero-order valence-corrected chi connectivity index (χ0v) is 22.8. The average Bonchev–Trinajstić information content (AvgIpc) is 2.86. The third kappa shape index (κ3) is 9.20. The van der Waals surface area contributed by atoms with Crippen LogP contribution in [-0.4, -0.2) is 103 Å². The number of piperidine rings is 1. The molecule has 1 atom stereocenters. The molecule has 2 saturated heterocycles. The van der Waals surface area contributed by atoms with Crippen LogP contribution in [0.1, 0.15) is 24.4 Å². The minimum Gasteiger partial charge on any atom is -0.497 e. The van der Waals surface area contributed by atoms with Gasteiger partial charge < -0.3 is 29.7 Å². The average molecular weight is 576 g/mol. The number of benzene rings is 1. The Balaban J connectivity index is 0.00000385. The van der Waals surface area contributed by atoms with Gasteiger partial charge in [0, 0.05) is 46.9 Å². The molecule has 0 radical (unpaired) electrons. The molecule has 2 heterocycles. The first-order chi connectivity index (χ1) is 15.7. The summed E-state index contributed by atoms with van der Waals surface area (Å²) in [5.74, 6) is 2.44. The summed E-state index contributed by atoms with van der Waals surface area (Å²) >= 11 is 0. The summed E-state index contributed by atoms with van der Waals surface area (Å²) in [5, 5.41) is 7.13. The molecule has 1 aromatic carbocycles. The highest BCUT2D eigenvalue weighted by molar-refractivity contribution is 14.0. The van der Waals surface area contributed by atoms with E-state index >= 15 is 0 Å². The number of nitrogens with one attached hydrogen (secondary N) is 2. The second kappa shape index (κ2) is 15.7. The molecule has 2 aliphatic rings. The van der Waals surface area contributed by atoms with Crippen LogP contribution >= 0.6 is 24.0 Å². The molecular formula is C24H42IN5O3. The van der Waals surface area contributed by atoms with Crippen molar-refractivity contribution in [3.05, 3.63) is 29.8 Å². The lowest BCUT2D eigenvalue weighted by molar-refractivity contribution is 0.0170. The number of likely N-dealkylation sites (tertiary alicyclic amines) is 1. The molecule has 1 aromatic rings. The van der Waals surface area contributed by atoms with Gasteiger partial charge in [0.15, 0.2) is 5.96 Å². The van der Waals surface area contributed by atoms with Gasteiger partial charge in [-0.15, -0.1) is 24.0 Å². The SMILES string of the molecule is CN=C(NCC1CCN(CCOC)CC1)NCC(c1ccc(OC)cc1)N1CCOCC1.I. The smallest absolute Gasteiger partial charge is 0.191 e. The van der Waals surface area contributed by atoms with Gasteiger partial charge in [-0.3, -0.25) is 9.89 Å². The molecule has 188 valence electrons. The van der Waals surface area contributed by atoms with E-state index in [-0.39, 0.29) is 30.0 Å². The van der Waals surface area contributed by atoms with Crippen molar-refractivity contribution in [1.82, 2.24) is 20.4 Å². The number of halogens is 1. The minimum absolute atomic E-state index is 0. The van der Waals surface area contributed by atoms with Gasteiger partial charge >= 0.3 is 0 Å². The molecular weight excluding hydrogens is 533 g/mol. The van der Waals surface area contributed by atoms with Gasteiger partial charge in [-0.1, -0.05) is 12.1 Å². The molecule has 1 unspecified atom stereocenters. The van der Waals surface area contributed by atoms with Crippen molar-refractivity contribution in [2.75, 3.05) is 86.9 Å². The van der Waals surface area contributed by atoms with Crippen LogP contribution in [0.2, 0.25) is 0 Å². The zero-order valence-electron chi connectivity index (χ0n) is 20.4. The number of aliphatic imine (C=N–C) groups is 1. The van der Waals surface area contributed by atoms with Crippen molar-refractivity contribution in [3.8, 4) is 5.75 Å². The molecule has 2 N–H and O–H groups in total. The minimum atomic E-state index is 0. The maximum absolute atomic E-state index is 5.58. The Bertz CT molecular complexity index is 677. The maximum atomic E-state index is 5.58. The zero-order chi connectivity index (χ0) is 22.6. The van der Waals surface area contributed by atoms with Crippen molar-refractivity contribution >= 4 is 29.9 Å². The molecule has 0 saturated carbocycles. The number of rotatable bonds is 10. The number of nitrogens with zero attached hydrogens (tertiary/aromatic N) is 3. The lowest BCUT2D eigenvalue weighted by Crippen LogP contribution is -2.47. The molecule has 0 bridgehead atoms. The Morgan fingerprint density at radius 2 is 1.79 bits per heavy atom. The van der Waals surface area contributed by atoms with Crippen molar-refractivity contribution in [3.63, 3.8) is 0 Å². The van der Waals surface area contributed by atoms with E-state index < -0.39 is 0 Å². The number of hydrogen-bond donors (Lipinski definition) is 2.